The van der Waals surface area contributed by atoms with Gasteiger partial charge in [-0.15, -0.1) is 5.10 Å². The Labute approximate surface area is 121 Å². The summed E-state index contributed by atoms with van der Waals surface area (Å²) < 4.78 is 15.2. The van der Waals surface area contributed by atoms with Crippen LogP contribution in [-0.4, -0.2) is 34.0 Å². The van der Waals surface area contributed by atoms with E-state index in [1.807, 2.05) is 0 Å². The standard InChI is InChI=1S/C14H16FN5O/c15-11-3-1-2-4-12(11)17-14(21)13-9-20(19-18-13)10-5-7-16-8-6-10/h1-4,9-10,16H,5-8H2,(H,17,21). The van der Waals surface area contributed by atoms with Gasteiger partial charge in [0.2, 0.25) is 0 Å². The van der Waals surface area contributed by atoms with E-state index in [0.717, 1.165) is 25.9 Å². The predicted molar refractivity (Wildman–Crippen MR) is 75.5 cm³/mol. The van der Waals surface area contributed by atoms with Gasteiger partial charge in [-0.2, -0.15) is 0 Å². The van der Waals surface area contributed by atoms with Gasteiger partial charge in [-0.05, 0) is 38.1 Å². The second-order valence-electron chi connectivity index (χ2n) is 5.00. The molecule has 0 saturated carbocycles. The summed E-state index contributed by atoms with van der Waals surface area (Å²) >= 11 is 0. The number of piperidine rings is 1. The van der Waals surface area contributed by atoms with Gasteiger partial charge in [0, 0.05) is 0 Å². The van der Waals surface area contributed by atoms with Gasteiger partial charge in [-0.1, -0.05) is 17.3 Å². The van der Waals surface area contributed by atoms with Crippen LogP contribution in [0.25, 0.3) is 0 Å². The maximum Gasteiger partial charge on any atom is 0.277 e. The lowest BCUT2D eigenvalue weighted by atomic mass is 10.1. The van der Waals surface area contributed by atoms with E-state index in [4.69, 9.17) is 0 Å². The molecule has 1 aromatic heterocycles. The molecule has 1 amide bonds. The number of aromatic nitrogens is 3. The number of amides is 1. The fourth-order valence-electron chi connectivity index (χ4n) is 2.38. The largest absolute Gasteiger partial charge is 0.318 e. The van der Waals surface area contributed by atoms with E-state index in [-0.39, 0.29) is 17.4 Å². The third kappa shape index (κ3) is 3.08. The van der Waals surface area contributed by atoms with Crippen LogP contribution >= 0.6 is 0 Å². The highest BCUT2D eigenvalue weighted by Gasteiger charge is 2.19. The van der Waals surface area contributed by atoms with E-state index in [9.17, 15) is 9.18 Å². The molecule has 0 bridgehead atoms. The molecule has 2 N–H and O–H groups in total. The Morgan fingerprint density at radius 2 is 2.10 bits per heavy atom. The van der Waals surface area contributed by atoms with E-state index >= 15 is 0 Å². The quantitative estimate of drug-likeness (QED) is 0.900. The number of nitrogens with one attached hydrogen (secondary N) is 2. The van der Waals surface area contributed by atoms with Crippen molar-refractivity contribution in [2.24, 2.45) is 0 Å². The third-order valence-electron chi connectivity index (χ3n) is 3.55. The van der Waals surface area contributed by atoms with Crippen LogP contribution in [0, 0.1) is 5.82 Å². The summed E-state index contributed by atoms with van der Waals surface area (Å²) in [6, 6.07) is 6.28. The highest BCUT2D eigenvalue weighted by atomic mass is 19.1. The summed E-state index contributed by atoms with van der Waals surface area (Å²) in [4.78, 5) is 12.1. The number of anilines is 1. The zero-order valence-electron chi connectivity index (χ0n) is 11.4. The van der Waals surface area contributed by atoms with Crippen molar-refractivity contribution < 1.29 is 9.18 Å². The molecule has 6 nitrogen and oxygen atoms in total. The van der Waals surface area contributed by atoms with Crippen molar-refractivity contribution in [1.82, 2.24) is 20.3 Å². The van der Waals surface area contributed by atoms with Gasteiger partial charge in [0.1, 0.15) is 5.82 Å². The Morgan fingerprint density at radius 1 is 1.33 bits per heavy atom. The number of hydrogen-bond acceptors (Lipinski definition) is 4. The molecule has 1 aliphatic rings. The first-order chi connectivity index (χ1) is 10.2. The fraction of sp³-hybridized carbons (Fsp3) is 0.357. The van der Waals surface area contributed by atoms with Gasteiger partial charge in [-0.25, -0.2) is 9.07 Å². The Morgan fingerprint density at radius 3 is 2.86 bits per heavy atom. The molecule has 7 heteroatoms. The number of para-hydroxylation sites is 1. The van der Waals surface area contributed by atoms with Gasteiger partial charge in [0.25, 0.3) is 5.91 Å². The van der Waals surface area contributed by atoms with Crippen LogP contribution in [0.3, 0.4) is 0 Å². The van der Waals surface area contributed by atoms with Gasteiger partial charge in [0.05, 0.1) is 17.9 Å². The molecule has 3 rings (SSSR count). The van der Waals surface area contributed by atoms with Crippen LogP contribution in [0.4, 0.5) is 10.1 Å². The number of rotatable bonds is 3. The maximum atomic E-state index is 13.5. The van der Waals surface area contributed by atoms with Crippen molar-refractivity contribution in [2.45, 2.75) is 18.9 Å². The molecule has 1 fully saturated rings. The molecule has 2 heterocycles. The lowest BCUT2D eigenvalue weighted by Gasteiger charge is -2.22. The predicted octanol–water partition coefficient (Wildman–Crippen LogP) is 1.59. The minimum Gasteiger partial charge on any atom is -0.318 e. The van der Waals surface area contributed by atoms with Crippen LogP contribution in [0.5, 0.6) is 0 Å². The Balaban J connectivity index is 1.71. The maximum absolute atomic E-state index is 13.5. The van der Waals surface area contributed by atoms with Gasteiger partial charge in [0.15, 0.2) is 5.69 Å². The van der Waals surface area contributed by atoms with Gasteiger partial charge < -0.3 is 10.6 Å². The summed E-state index contributed by atoms with van der Waals surface area (Å²) in [5.74, 6) is -0.933. The SMILES string of the molecule is O=C(Nc1ccccc1F)c1cn(C2CCNCC2)nn1. The Hall–Kier alpha value is -2.28. The molecule has 21 heavy (non-hydrogen) atoms. The minimum absolute atomic E-state index is 0.138. The highest BCUT2D eigenvalue weighted by molar-refractivity contribution is 6.02. The number of nitrogens with zero attached hydrogens (tertiary/aromatic N) is 3. The van der Waals surface area contributed by atoms with E-state index in [0.29, 0.717) is 0 Å². The summed E-state index contributed by atoms with van der Waals surface area (Å²) in [7, 11) is 0. The topological polar surface area (TPSA) is 71.8 Å². The highest BCUT2D eigenvalue weighted by Crippen LogP contribution is 2.18. The summed E-state index contributed by atoms with van der Waals surface area (Å²) in [5.41, 5.74) is 0.329. The van der Waals surface area contributed by atoms with Crippen LogP contribution < -0.4 is 10.6 Å². The molecule has 0 unspecified atom stereocenters. The first-order valence-corrected chi connectivity index (χ1v) is 6.92. The third-order valence-corrected chi connectivity index (χ3v) is 3.55. The van der Waals surface area contributed by atoms with Gasteiger partial charge in [-0.3, -0.25) is 4.79 Å². The lowest BCUT2D eigenvalue weighted by molar-refractivity contribution is 0.102. The molecule has 1 aromatic carbocycles. The molecule has 2 aromatic rings. The molecule has 1 aliphatic heterocycles. The molecule has 0 aliphatic carbocycles. The van der Waals surface area contributed by atoms with Gasteiger partial charge >= 0.3 is 0 Å². The van der Waals surface area contributed by atoms with Crippen molar-refractivity contribution in [3.05, 3.63) is 42.0 Å². The molecule has 0 atom stereocenters. The second-order valence-corrected chi connectivity index (χ2v) is 5.00. The summed E-state index contributed by atoms with van der Waals surface area (Å²) in [6.45, 7) is 1.86. The van der Waals surface area contributed by atoms with E-state index in [2.05, 4.69) is 20.9 Å². The molecule has 1 saturated heterocycles. The first kappa shape index (κ1) is 13.7. The molecular formula is C14H16FN5O. The van der Waals surface area contributed by atoms with Crippen molar-refractivity contribution in [3.63, 3.8) is 0 Å². The number of hydrogen-bond donors (Lipinski definition) is 2. The minimum atomic E-state index is -0.475. The monoisotopic (exact) mass is 289 g/mol. The van der Waals surface area contributed by atoms with Crippen molar-refractivity contribution >= 4 is 11.6 Å². The Kier molecular flexibility index (Phi) is 3.92. The Bertz CT molecular complexity index is 636. The van der Waals surface area contributed by atoms with Crippen LogP contribution in [-0.2, 0) is 0 Å². The van der Waals surface area contributed by atoms with Crippen LogP contribution in [0.2, 0.25) is 0 Å². The molecular weight excluding hydrogens is 273 g/mol. The van der Waals surface area contributed by atoms with Crippen LogP contribution in [0.1, 0.15) is 29.4 Å². The van der Waals surface area contributed by atoms with Crippen molar-refractivity contribution in [2.75, 3.05) is 18.4 Å². The average Bonchev–Trinajstić information content (AvgIpc) is 3.00. The van der Waals surface area contributed by atoms with Crippen molar-refractivity contribution in [1.29, 1.82) is 0 Å². The summed E-state index contributed by atoms with van der Waals surface area (Å²) in [5, 5.41) is 13.7. The fourth-order valence-corrected chi connectivity index (χ4v) is 2.38. The molecule has 0 spiro atoms. The van der Waals surface area contributed by atoms with E-state index in [1.165, 1.54) is 12.1 Å². The van der Waals surface area contributed by atoms with Crippen molar-refractivity contribution in [3.8, 4) is 0 Å². The van der Waals surface area contributed by atoms with E-state index < -0.39 is 11.7 Å². The number of benzene rings is 1. The normalized spacial score (nSPS) is 15.9. The first-order valence-electron chi connectivity index (χ1n) is 6.92. The van der Waals surface area contributed by atoms with Crippen LogP contribution in [0.15, 0.2) is 30.5 Å². The average molecular weight is 289 g/mol. The zero-order valence-corrected chi connectivity index (χ0v) is 11.4. The summed E-state index contributed by atoms with van der Waals surface area (Å²) in [6.07, 6.45) is 3.53. The second kappa shape index (κ2) is 6.01. The number of carbonyl (C=O) groups excluding carboxylic acids is 1. The number of carbonyl (C=O) groups is 1. The zero-order chi connectivity index (χ0) is 14.7. The lowest BCUT2D eigenvalue weighted by Crippen LogP contribution is -2.29. The smallest absolute Gasteiger partial charge is 0.277 e. The van der Waals surface area contributed by atoms with E-state index in [1.54, 1.807) is 23.0 Å². The molecule has 0 radical (unpaired) electrons. The molecule has 110 valence electrons. The number of halogens is 1.